The fourth-order valence-corrected chi connectivity index (χ4v) is 3.72. The largest absolute Gasteiger partial charge is 0.479 e. The molecule has 31 heavy (non-hydrogen) atoms. The molecule has 2 amide bonds. The zero-order valence-corrected chi connectivity index (χ0v) is 16.9. The Morgan fingerprint density at radius 2 is 1.81 bits per heavy atom. The highest BCUT2D eigenvalue weighted by molar-refractivity contribution is 8.19. The Morgan fingerprint density at radius 1 is 1.16 bits per heavy atom. The first-order valence-electron chi connectivity index (χ1n) is 9.06. The summed E-state index contributed by atoms with van der Waals surface area (Å²) in [5, 5.41) is 8.33. The fourth-order valence-electron chi connectivity index (χ4n) is 2.89. The molecule has 1 fully saturated rings. The van der Waals surface area contributed by atoms with Gasteiger partial charge >= 0.3 is 12.1 Å². The summed E-state index contributed by atoms with van der Waals surface area (Å²) in [7, 11) is 0. The van der Waals surface area contributed by atoms with Crippen molar-refractivity contribution in [1.29, 1.82) is 0 Å². The van der Waals surface area contributed by atoms with Gasteiger partial charge in [0.2, 0.25) is 0 Å². The normalized spacial score (nSPS) is 16.6. The number of amides is 2. The number of thioether (sulfide) groups is 1. The average molecular weight is 451 g/mol. The summed E-state index contributed by atoms with van der Waals surface area (Å²) in [5.41, 5.74) is -1.34. The molecule has 0 aromatic heterocycles. The van der Waals surface area contributed by atoms with Crippen molar-refractivity contribution in [3.63, 3.8) is 0 Å². The van der Waals surface area contributed by atoms with Gasteiger partial charge in [0.25, 0.3) is 11.1 Å². The third-order valence-electron chi connectivity index (χ3n) is 4.37. The number of ether oxygens (including phenoxy) is 1. The number of hydrogen-bond acceptors (Lipinski definition) is 5. The van der Waals surface area contributed by atoms with Crippen LogP contribution in [0.15, 0.2) is 53.4 Å². The van der Waals surface area contributed by atoms with E-state index in [2.05, 4.69) is 0 Å². The predicted molar refractivity (Wildman–Crippen MR) is 109 cm³/mol. The van der Waals surface area contributed by atoms with E-state index in [4.69, 9.17) is 4.74 Å². The number of aliphatic carboxylic acids is 1. The van der Waals surface area contributed by atoms with E-state index in [0.717, 1.165) is 12.1 Å². The summed E-state index contributed by atoms with van der Waals surface area (Å²) in [6.07, 6.45) is -4.39. The van der Waals surface area contributed by atoms with Crippen LogP contribution in [0.25, 0.3) is 6.08 Å². The first-order valence-corrected chi connectivity index (χ1v) is 9.87. The lowest BCUT2D eigenvalue weighted by atomic mass is 10.1. The number of imide groups is 1. The number of anilines is 1. The van der Waals surface area contributed by atoms with E-state index in [9.17, 15) is 32.7 Å². The third-order valence-corrected chi connectivity index (χ3v) is 5.23. The molecule has 1 saturated heterocycles. The highest BCUT2D eigenvalue weighted by Gasteiger charge is 2.42. The number of nitrogens with zero attached hydrogens (tertiary/aromatic N) is 1. The Balaban J connectivity index is 1.97. The van der Waals surface area contributed by atoms with Gasteiger partial charge in [0, 0.05) is 5.56 Å². The molecule has 3 rings (SSSR count). The topological polar surface area (TPSA) is 83.9 Å². The van der Waals surface area contributed by atoms with E-state index in [1.54, 1.807) is 25.1 Å². The molecule has 1 N–H and O–H groups in total. The van der Waals surface area contributed by atoms with Crippen LogP contribution in [-0.2, 0) is 15.8 Å². The van der Waals surface area contributed by atoms with Crippen LogP contribution in [0.5, 0.6) is 5.75 Å². The SMILES string of the molecule is CCC(Oc1ccccc1/C=C1/SC(=O)N(c2ccccc2C(F)(F)F)C1=O)C(=O)O. The molecule has 1 aliphatic heterocycles. The molecule has 2 aromatic rings. The highest BCUT2D eigenvalue weighted by atomic mass is 32.2. The minimum Gasteiger partial charge on any atom is -0.479 e. The maximum Gasteiger partial charge on any atom is 0.418 e. The number of alkyl halides is 3. The van der Waals surface area contributed by atoms with E-state index in [1.807, 2.05) is 0 Å². The second kappa shape index (κ2) is 8.84. The molecule has 1 unspecified atom stereocenters. The van der Waals surface area contributed by atoms with Crippen LogP contribution in [0.2, 0.25) is 0 Å². The second-order valence-electron chi connectivity index (χ2n) is 6.42. The van der Waals surface area contributed by atoms with Gasteiger partial charge in [-0.3, -0.25) is 9.59 Å². The van der Waals surface area contributed by atoms with E-state index >= 15 is 0 Å². The van der Waals surface area contributed by atoms with E-state index in [-0.39, 0.29) is 17.1 Å². The molecule has 1 atom stereocenters. The van der Waals surface area contributed by atoms with Crippen molar-refractivity contribution < 1.29 is 37.4 Å². The molecular weight excluding hydrogens is 435 g/mol. The lowest BCUT2D eigenvalue weighted by Gasteiger charge is -2.18. The number of carboxylic acid groups (broad SMARTS) is 1. The molecule has 6 nitrogen and oxygen atoms in total. The summed E-state index contributed by atoms with van der Waals surface area (Å²) in [6.45, 7) is 1.63. The molecule has 162 valence electrons. The second-order valence-corrected chi connectivity index (χ2v) is 7.42. The van der Waals surface area contributed by atoms with Crippen molar-refractivity contribution >= 4 is 40.6 Å². The summed E-state index contributed by atoms with van der Waals surface area (Å²) >= 11 is 0.490. The van der Waals surface area contributed by atoms with Crippen molar-refractivity contribution in [2.24, 2.45) is 0 Å². The lowest BCUT2D eigenvalue weighted by Crippen LogP contribution is -2.30. The number of benzene rings is 2. The summed E-state index contributed by atoms with van der Waals surface area (Å²) in [4.78, 5) is 36.9. The van der Waals surface area contributed by atoms with Crippen molar-refractivity contribution in [2.45, 2.75) is 25.6 Å². The van der Waals surface area contributed by atoms with Crippen LogP contribution >= 0.6 is 11.8 Å². The zero-order valence-electron chi connectivity index (χ0n) is 16.1. The lowest BCUT2D eigenvalue weighted by molar-refractivity contribution is -0.145. The number of para-hydroxylation sites is 2. The molecule has 0 saturated carbocycles. The smallest absolute Gasteiger partial charge is 0.418 e. The standard InChI is InChI=1S/C21H16F3NO5S/c1-2-15(19(27)28)30-16-10-6-3-7-12(16)11-17-18(26)25(20(29)31-17)14-9-5-4-8-13(14)21(22,23)24/h3-11,15H,2H2,1H3,(H,27,28)/b17-11+. The van der Waals surface area contributed by atoms with Crippen LogP contribution in [0.4, 0.5) is 23.7 Å². The van der Waals surface area contributed by atoms with Gasteiger partial charge in [-0.1, -0.05) is 37.3 Å². The van der Waals surface area contributed by atoms with Gasteiger partial charge in [0.1, 0.15) is 5.75 Å². The van der Waals surface area contributed by atoms with Gasteiger partial charge in [0.05, 0.1) is 16.2 Å². The molecule has 0 spiro atoms. The predicted octanol–water partition coefficient (Wildman–Crippen LogP) is 5.19. The molecule has 0 radical (unpaired) electrons. The number of carboxylic acids is 1. The van der Waals surface area contributed by atoms with Crippen molar-refractivity contribution in [2.75, 3.05) is 4.90 Å². The van der Waals surface area contributed by atoms with Gasteiger partial charge in [0.15, 0.2) is 6.10 Å². The van der Waals surface area contributed by atoms with Gasteiger partial charge in [-0.2, -0.15) is 13.2 Å². The Kier molecular flexibility index (Phi) is 6.40. The number of carbonyl (C=O) groups excluding carboxylic acids is 2. The van der Waals surface area contributed by atoms with Crippen LogP contribution in [-0.4, -0.2) is 28.3 Å². The van der Waals surface area contributed by atoms with Gasteiger partial charge < -0.3 is 9.84 Å². The molecule has 1 aliphatic rings. The monoisotopic (exact) mass is 451 g/mol. The Hall–Kier alpha value is -3.27. The fraction of sp³-hybridized carbons (Fsp3) is 0.190. The summed E-state index contributed by atoms with van der Waals surface area (Å²) in [5.74, 6) is -1.91. The Bertz CT molecular complexity index is 1070. The molecular formula is C21H16F3NO5S. The third kappa shape index (κ3) is 4.74. The highest BCUT2D eigenvalue weighted by Crippen LogP contribution is 2.42. The molecule has 2 aromatic carbocycles. The van der Waals surface area contributed by atoms with Crippen molar-refractivity contribution in [3.8, 4) is 5.75 Å². The summed E-state index contributed by atoms with van der Waals surface area (Å²) in [6, 6.07) is 10.6. The first-order chi connectivity index (χ1) is 14.6. The minimum atomic E-state index is -4.75. The van der Waals surface area contributed by atoms with Crippen molar-refractivity contribution in [3.05, 3.63) is 64.6 Å². The van der Waals surface area contributed by atoms with Crippen LogP contribution in [0.1, 0.15) is 24.5 Å². The van der Waals surface area contributed by atoms with E-state index in [1.165, 1.54) is 24.3 Å². The zero-order chi connectivity index (χ0) is 22.8. The quantitative estimate of drug-likeness (QED) is 0.609. The minimum absolute atomic E-state index is 0.110. The van der Waals surface area contributed by atoms with Gasteiger partial charge in [-0.15, -0.1) is 0 Å². The number of halogens is 3. The number of hydrogen-bond donors (Lipinski definition) is 1. The first kappa shape index (κ1) is 22.4. The maximum atomic E-state index is 13.3. The Labute approximate surface area is 179 Å². The van der Waals surface area contributed by atoms with Gasteiger partial charge in [-0.25, -0.2) is 9.69 Å². The Morgan fingerprint density at radius 3 is 2.45 bits per heavy atom. The van der Waals surface area contributed by atoms with Gasteiger partial charge in [-0.05, 0) is 42.5 Å². The van der Waals surface area contributed by atoms with Crippen LogP contribution in [0, 0.1) is 0 Å². The van der Waals surface area contributed by atoms with Crippen LogP contribution < -0.4 is 9.64 Å². The average Bonchev–Trinajstić information content (AvgIpc) is 2.99. The molecule has 10 heteroatoms. The van der Waals surface area contributed by atoms with E-state index < -0.39 is 40.6 Å². The molecule has 1 heterocycles. The number of carbonyl (C=O) groups is 3. The molecule has 0 bridgehead atoms. The van der Waals surface area contributed by atoms with Crippen LogP contribution in [0.3, 0.4) is 0 Å². The van der Waals surface area contributed by atoms with E-state index in [0.29, 0.717) is 22.2 Å². The summed E-state index contributed by atoms with van der Waals surface area (Å²) < 4.78 is 45.5. The maximum absolute atomic E-state index is 13.3. The van der Waals surface area contributed by atoms with Crippen molar-refractivity contribution in [1.82, 2.24) is 0 Å². The number of rotatable bonds is 6. The molecule has 0 aliphatic carbocycles.